The molecule has 0 saturated heterocycles. The molecule has 0 atom stereocenters. The van der Waals surface area contributed by atoms with Crippen molar-refractivity contribution >= 4 is 11.4 Å². The van der Waals surface area contributed by atoms with E-state index in [0.29, 0.717) is 11.7 Å². The molecule has 0 unspecified atom stereocenters. The highest BCUT2D eigenvalue weighted by Crippen LogP contribution is 2.30. The Labute approximate surface area is 108 Å². The minimum absolute atomic E-state index is 0.236. The average Bonchev–Trinajstić information content (AvgIpc) is 2.61. The Balaban J connectivity index is 2.12. The largest absolute Gasteiger partial charge is 0.494 e. The van der Waals surface area contributed by atoms with E-state index in [0.717, 1.165) is 18.5 Å². The molecule has 3 nitrogen and oxygen atoms in total. The maximum atomic E-state index is 13.4. The fourth-order valence-electron chi connectivity index (χ4n) is 2.49. The number of benzene rings is 1. The summed E-state index contributed by atoms with van der Waals surface area (Å²) in [4.78, 5) is 0. The lowest BCUT2D eigenvalue weighted by molar-refractivity contribution is 0.387. The Hall–Kier alpha value is -1.45. The molecule has 1 aliphatic rings. The van der Waals surface area contributed by atoms with Crippen LogP contribution in [0.2, 0.25) is 0 Å². The molecule has 4 heteroatoms. The third-order valence-electron chi connectivity index (χ3n) is 3.54. The van der Waals surface area contributed by atoms with Crippen LogP contribution in [0.15, 0.2) is 12.1 Å². The monoisotopic (exact) mass is 252 g/mol. The molecule has 1 aliphatic carbocycles. The minimum Gasteiger partial charge on any atom is -0.494 e. The zero-order chi connectivity index (χ0) is 13.0. The Bertz CT molecular complexity index is 401. The van der Waals surface area contributed by atoms with Crippen LogP contribution in [-0.4, -0.2) is 13.2 Å². The molecule has 1 saturated carbocycles. The molecule has 1 aromatic rings. The first-order valence-corrected chi connectivity index (χ1v) is 6.60. The van der Waals surface area contributed by atoms with Gasteiger partial charge in [-0.2, -0.15) is 0 Å². The van der Waals surface area contributed by atoms with Crippen molar-refractivity contribution in [3.63, 3.8) is 0 Å². The first-order valence-electron chi connectivity index (χ1n) is 6.60. The van der Waals surface area contributed by atoms with E-state index in [-0.39, 0.29) is 5.75 Å². The molecular weight excluding hydrogens is 231 g/mol. The molecule has 3 N–H and O–H groups in total. The van der Waals surface area contributed by atoms with Crippen molar-refractivity contribution in [3.05, 3.63) is 17.9 Å². The summed E-state index contributed by atoms with van der Waals surface area (Å²) in [7, 11) is 1.46. The van der Waals surface area contributed by atoms with Gasteiger partial charge in [0.2, 0.25) is 0 Å². The number of nitrogens with one attached hydrogen (secondary N) is 1. The normalized spacial score (nSPS) is 17.2. The van der Waals surface area contributed by atoms with Crippen LogP contribution in [0.5, 0.6) is 5.75 Å². The van der Waals surface area contributed by atoms with E-state index in [2.05, 4.69) is 5.32 Å². The summed E-state index contributed by atoms with van der Waals surface area (Å²) < 4.78 is 18.4. The van der Waals surface area contributed by atoms with E-state index in [1.807, 2.05) is 0 Å². The quantitative estimate of drug-likeness (QED) is 0.639. The number of anilines is 2. The van der Waals surface area contributed by atoms with E-state index in [9.17, 15) is 4.39 Å². The number of ether oxygens (including phenoxy) is 1. The number of rotatable bonds is 3. The lowest BCUT2D eigenvalue weighted by atomic mass is 10.1. The highest BCUT2D eigenvalue weighted by molar-refractivity contribution is 5.69. The molecule has 18 heavy (non-hydrogen) atoms. The fourth-order valence-corrected chi connectivity index (χ4v) is 2.49. The van der Waals surface area contributed by atoms with Gasteiger partial charge in [0.05, 0.1) is 18.5 Å². The summed E-state index contributed by atoms with van der Waals surface area (Å²) in [5.74, 6) is -0.179. The van der Waals surface area contributed by atoms with Gasteiger partial charge in [-0.05, 0) is 12.8 Å². The van der Waals surface area contributed by atoms with Gasteiger partial charge in [0, 0.05) is 18.2 Å². The molecular formula is C14H21FN2O. The number of nitrogen functional groups attached to an aromatic ring is 1. The van der Waals surface area contributed by atoms with Crippen LogP contribution in [0.4, 0.5) is 15.8 Å². The molecule has 0 amide bonds. The van der Waals surface area contributed by atoms with Gasteiger partial charge in [-0.25, -0.2) is 4.39 Å². The molecule has 0 radical (unpaired) electrons. The van der Waals surface area contributed by atoms with Gasteiger partial charge < -0.3 is 15.8 Å². The van der Waals surface area contributed by atoms with E-state index < -0.39 is 5.82 Å². The van der Waals surface area contributed by atoms with Gasteiger partial charge >= 0.3 is 0 Å². The second-order valence-electron chi connectivity index (χ2n) is 4.91. The fraction of sp³-hybridized carbons (Fsp3) is 0.571. The number of hydrogen-bond acceptors (Lipinski definition) is 3. The van der Waals surface area contributed by atoms with Crippen molar-refractivity contribution in [2.24, 2.45) is 0 Å². The van der Waals surface area contributed by atoms with Crippen LogP contribution >= 0.6 is 0 Å². The van der Waals surface area contributed by atoms with Gasteiger partial charge in [0.15, 0.2) is 11.6 Å². The minimum atomic E-state index is -0.415. The summed E-state index contributed by atoms with van der Waals surface area (Å²) in [5, 5.41) is 3.42. The summed E-state index contributed by atoms with van der Waals surface area (Å²) in [5.41, 5.74) is 7.06. The predicted octanol–water partition coefficient (Wildman–Crippen LogP) is 3.55. The van der Waals surface area contributed by atoms with E-state index >= 15 is 0 Å². The maximum Gasteiger partial charge on any atom is 0.167 e. The number of halogens is 1. The Morgan fingerprint density at radius 3 is 2.50 bits per heavy atom. The van der Waals surface area contributed by atoms with Crippen LogP contribution in [0.25, 0.3) is 0 Å². The van der Waals surface area contributed by atoms with Crippen molar-refractivity contribution in [1.82, 2.24) is 0 Å². The topological polar surface area (TPSA) is 47.3 Å². The third kappa shape index (κ3) is 3.06. The average molecular weight is 252 g/mol. The van der Waals surface area contributed by atoms with Crippen molar-refractivity contribution in [3.8, 4) is 5.75 Å². The van der Waals surface area contributed by atoms with E-state index in [1.54, 1.807) is 6.07 Å². The summed E-state index contributed by atoms with van der Waals surface area (Å²) in [6.45, 7) is 0. The van der Waals surface area contributed by atoms with E-state index in [1.165, 1.54) is 38.9 Å². The molecule has 0 heterocycles. The zero-order valence-electron chi connectivity index (χ0n) is 10.8. The lowest BCUT2D eigenvalue weighted by Gasteiger charge is -2.19. The van der Waals surface area contributed by atoms with Crippen LogP contribution in [0.1, 0.15) is 38.5 Å². The highest BCUT2D eigenvalue weighted by atomic mass is 19.1. The van der Waals surface area contributed by atoms with Gasteiger partial charge in [-0.3, -0.25) is 0 Å². The molecule has 0 aliphatic heterocycles. The van der Waals surface area contributed by atoms with Crippen molar-refractivity contribution < 1.29 is 9.13 Å². The van der Waals surface area contributed by atoms with Gasteiger partial charge in [-0.1, -0.05) is 25.7 Å². The van der Waals surface area contributed by atoms with Crippen LogP contribution < -0.4 is 15.8 Å². The lowest BCUT2D eigenvalue weighted by Crippen LogP contribution is -2.19. The molecule has 0 bridgehead atoms. The van der Waals surface area contributed by atoms with E-state index in [4.69, 9.17) is 10.5 Å². The second kappa shape index (κ2) is 5.94. The summed E-state index contributed by atoms with van der Waals surface area (Å²) >= 11 is 0. The zero-order valence-corrected chi connectivity index (χ0v) is 10.8. The van der Waals surface area contributed by atoms with Gasteiger partial charge in [0.25, 0.3) is 0 Å². The van der Waals surface area contributed by atoms with Crippen molar-refractivity contribution in [1.29, 1.82) is 0 Å². The van der Waals surface area contributed by atoms with Crippen molar-refractivity contribution in [2.45, 2.75) is 44.6 Å². The van der Waals surface area contributed by atoms with Gasteiger partial charge in [0.1, 0.15) is 0 Å². The summed E-state index contributed by atoms with van der Waals surface area (Å²) in [6, 6.07) is 3.40. The molecule has 2 rings (SSSR count). The second-order valence-corrected chi connectivity index (χ2v) is 4.91. The molecule has 0 aromatic heterocycles. The number of nitrogens with two attached hydrogens (primary N) is 1. The van der Waals surface area contributed by atoms with Crippen molar-refractivity contribution in [2.75, 3.05) is 18.2 Å². The Morgan fingerprint density at radius 2 is 1.89 bits per heavy atom. The molecule has 1 aromatic carbocycles. The summed E-state index contributed by atoms with van der Waals surface area (Å²) in [6.07, 6.45) is 7.41. The van der Waals surface area contributed by atoms with Crippen LogP contribution in [0, 0.1) is 5.82 Å². The van der Waals surface area contributed by atoms with Crippen LogP contribution in [0.3, 0.4) is 0 Å². The Morgan fingerprint density at radius 1 is 1.22 bits per heavy atom. The van der Waals surface area contributed by atoms with Gasteiger partial charge in [-0.15, -0.1) is 0 Å². The SMILES string of the molecule is COc1cc(NC2CCCCCC2)c(N)cc1F. The highest BCUT2D eigenvalue weighted by Gasteiger charge is 2.15. The third-order valence-corrected chi connectivity index (χ3v) is 3.54. The maximum absolute atomic E-state index is 13.4. The molecule has 100 valence electrons. The van der Waals surface area contributed by atoms with Crippen LogP contribution in [-0.2, 0) is 0 Å². The first-order chi connectivity index (χ1) is 8.70. The molecule has 1 fully saturated rings. The number of hydrogen-bond donors (Lipinski definition) is 2. The number of methoxy groups -OCH3 is 1. The molecule has 0 spiro atoms. The smallest absolute Gasteiger partial charge is 0.167 e. The standard InChI is InChI=1S/C14H21FN2O/c1-18-14-9-13(12(16)8-11(14)15)17-10-6-4-2-3-5-7-10/h8-10,17H,2-7,16H2,1H3. The Kier molecular flexibility index (Phi) is 4.28. The predicted molar refractivity (Wildman–Crippen MR) is 72.5 cm³/mol. The first kappa shape index (κ1) is 13.0.